The number of thioether (sulfide) groups is 1. The van der Waals surface area contributed by atoms with Gasteiger partial charge in [0.25, 0.3) is 5.91 Å². The third-order valence-electron chi connectivity index (χ3n) is 3.69. The number of rotatable bonds is 9. The lowest BCUT2D eigenvalue weighted by atomic mass is 10.1. The zero-order chi connectivity index (χ0) is 19.8. The van der Waals surface area contributed by atoms with Gasteiger partial charge in [0.2, 0.25) is 0 Å². The van der Waals surface area contributed by atoms with Crippen LogP contribution in [0.25, 0.3) is 0 Å². The molecule has 0 saturated heterocycles. The van der Waals surface area contributed by atoms with Gasteiger partial charge in [-0.05, 0) is 38.0 Å². The zero-order valence-corrected chi connectivity index (χ0v) is 16.0. The van der Waals surface area contributed by atoms with E-state index in [0.717, 1.165) is 18.4 Å². The number of amides is 3. The molecule has 8 nitrogen and oxygen atoms in total. The number of ketones is 1. The van der Waals surface area contributed by atoms with Crippen LogP contribution in [-0.4, -0.2) is 49.2 Å². The Kier molecular flexibility index (Phi) is 7.66. The molecule has 0 heterocycles. The first-order valence-corrected chi connectivity index (χ1v) is 9.56. The highest BCUT2D eigenvalue weighted by atomic mass is 32.2. The highest BCUT2D eigenvalue weighted by molar-refractivity contribution is 7.99. The van der Waals surface area contributed by atoms with E-state index in [1.54, 1.807) is 18.2 Å². The normalized spacial score (nSPS) is 12.8. The van der Waals surface area contributed by atoms with Crippen molar-refractivity contribution in [3.05, 3.63) is 29.3 Å². The standard InChI is InChI=1S/C18H22N2O6S/c1-11(21)12-3-6-15(25-2)13(7-12)9-27-10-17(23)26-8-16(22)20-18(24)19-14-4-5-14/h3,6-7,14H,4-5,8-10H2,1-2H3,(H2,19,20,22,24). The highest BCUT2D eigenvalue weighted by Gasteiger charge is 2.24. The number of urea groups is 1. The fourth-order valence-electron chi connectivity index (χ4n) is 2.15. The van der Waals surface area contributed by atoms with E-state index < -0.39 is 24.5 Å². The Balaban J connectivity index is 1.70. The molecule has 1 saturated carbocycles. The van der Waals surface area contributed by atoms with Crippen LogP contribution < -0.4 is 15.4 Å². The minimum Gasteiger partial charge on any atom is -0.496 e. The van der Waals surface area contributed by atoms with E-state index in [1.807, 2.05) is 0 Å². The lowest BCUT2D eigenvalue weighted by Gasteiger charge is -2.10. The van der Waals surface area contributed by atoms with Gasteiger partial charge in [0.1, 0.15) is 5.75 Å². The second-order valence-corrected chi connectivity index (χ2v) is 7.02. The molecule has 27 heavy (non-hydrogen) atoms. The Hall–Kier alpha value is -2.55. The van der Waals surface area contributed by atoms with Crippen LogP contribution in [0.2, 0.25) is 0 Å². The number of carbonyl (C=O) groups excluding carboxylic acids is 4. The van der Waals surface area contributed by atoms with Crippen LogP contribution in [0.15, 0.2) is 18.2 Å². The van der Waals surface area contributed by atoms with Gasteiger partial charge in [-0.2, -0.15) is 0 Å². The van der Waals surface area contributed by atoms with E-state index in [4.69, 9.17) is 9.47 Å². The number of hydrogen-bond donors (Lipinski definition) is 2. The van der Waals surface area contributed by atoms with Crippen molar-refractivity contribution in [2.45, 2.75) is 31.6 Å². The van der Waals surface area contributed by atoms with E-state index in [1.165, 1.54) is 25.8 Å². The van der Waals surface area contributed by atoms with Gasteiger partial charge in [0.05, 0.1) is 12.9 Å². The number of carbonyl (C=O) groups is 4. The van der Waals surface area contributed by atoms with Crippen molar-refractivity contribution in [2.75, 3.05) is 19.5 Å². The molecule has 1 aliphatic rings. The summed E-state index contributed by atoms with van der Waals surface area (Å²) in [6.45, 7) is 0.965. The molecule has 0 radical (unpaired) electrons. The summed E-state index contributed by atoms with van der Waals surface area (Å²) in [5.74, 6) is -0.214. The number of benzene rings is 1. The Morgan fingerprint density at radius 2 is 1.96 bits per heavy atom. The molecule has 0 aliphatic heterocycles. The first-order valence-electron chi connectivity index (χ1n) is 8.40. The molecule has 0 aromatic heterocycles. The van der Waals surface area contributed by atoms with Gasteiger partial charge in [0.15, 0.2) is 12.4 Å². The van der Waals surface area contributed by atoms with Gasteiger partial charge in [-0.1, -0.05) is 0 Å². The van der Waals surface area contributed by atoms with Crippen molar-refractivity contribution >= 4 is 35.5 Å². The zero-order valence-electron chi connectivity index (χ0n) is 15.2. The first-order chi connectivity index (χ1) is 12.9. The van der Waals surface area contributed by atoms with Crippen LogP contribution in [0.5, 0.6) is 5.75 Å². The van der Waals surface area contributed by atoms with E-state index >= 15 is 0 Å². The number of methoxy groups -OCH3 is 1. The molecule has 0 atom stereocenters. The summed E-state index contributed by atoms with van der Waals surface area (Å²) in [7, 11) is 1.53. The van der Waals surface area contributed by atoms with Crippen molar-refractivity contribution in [1.29, 1.82) is 0 Å². The molecule has 3 amide bonds. The predicted molar refractivity (Wildman–Crippen MR) is 99.8 cm³/mol. The molecule has 1 aromatic rings. The average molecular weight is 394 g/mol. The topological polar surface area (TPSA) is 111 Å². The lowest BCUT2D eigenvalue weighted by molar-refractivity contribution is -0.145. The molecule has 0 spiro atoms. The summed E-state index contributed by atoms with van der Waals surface area (Å²) >= 11 is 1.27. The molecule has 1 aromatic carbocycles. The quantitative estimate of drug-likeness (QED) is 0.484. The summed E-state index contributed by atoms with van der Waals surface area (Å²) in [6, 6.07) is 4.68. The summed E-state index contributed by atoms with van der Waals surface area (Å²) < 4.78 is 10.1. The molecule has 1 aliphatic carbocycles. The van der Waals surface area contributed by atoms with Crippen LogP contribution in [0.4, 0.5) is 4.79 Å². The van der Waals surface area contributed by atoms with Crippen molar-refractivity contribution in [3.63, 3.8) is 0 Å². The third-order valence-corrected chi connectivity index (χ3v) is 4.65. The molecule has 0 bridgehead atoms. The van der Waals surface area contributed by atoms with Crippen molar-refractivity contribution in [1.82, 2.24) is 10.6 Å². The van der Waals surface area contributed by atoms with Gasteiger partial charge in [-0.3, -0.25) is 19.7 Å². The summed E-state index contributed by atoms with van der Waals surface area (Å²) in [5.41, 5.74) is 1.35. The number of Topliss-reactive ketones (excluding diaryl/α,β-unsaturated/α-hetero) is 1. The molecule has 146 valence electrons. The first kappa shape index (κ1) is 20.8. The maximum atomic E-state index is 11.7. The minimum atomic E-state index is -0.678. The Bertz CT molecular complexity index is 733. The smallest absolute Gasteiger partial charge is 0.321 e. The SMILES string of the molecule is COc1ccc(C(C)=O)cc1CSCC(=O)OCC(=O)NC(=O)NC1CC1. The number of nitrogens with one attached hydrogen (secondary N) is 2. The second kappa shape index (κ2) is 9.96. The Morgan fingerprint density at radius 1 is 1.22 bits per heavy atom. The average Bonchev–Trinajstić information content (AvgIpc) is 3.43. The number of imide groups is 1. The van der Waals surface area contributed by atoms with Gasteiger partial charge >= 0.3 is 12.0 Å². The molecule has 2 rings (SSSR count). The number of ether oxygens (including phenoxy) is 2. The minimum absolute atomic E-state index is 0.0228. The van der Waals surface area contributed by atoms with Crippen molar-refractivity contribution in [2.24, 2.45) is 0 Å². The van der Waals surface area contributed by atoms with Crippen molar-refractivity contribution in [3.8, 4) is 5.75 Å². The summed E-state index contributed by atoms with van der Waals surface area (Å²) in [4.78, 5) is 46.1. The molecular formula is C18H22N2O6S. The molecular weight excluding hydrogens is 372 g/mol. The van der Waals surface area contributed by atoms with E-state index in [-0.39, 0.29) is 17.6 Å². The second-order valence-electron chi connectivity index (χ2n) is 6.03. The van der Waals surface area contributed by atoms with Gasteiger partial charge in [-0.15, -0.1) is 11.8 Å². The van der Waals surface area contributed by atoms with E-state index in [0.29, 0.717) is 17.1 Å². The molecule has 9 heteroatoms. The largest absolute Gasteiger partial charge is 0.496 e. The van der Waals surface area contributed by atoms with Crippen LogP contribution in [0, 0.1) is 0 Å². The van der Waals surface area contributed by atoms with E-state index in [2.05, 4.69) is 10.6 Å². The summed E-state index contributed by atoms with van der Waals surface area (Å²) in [6.07, 6.45) is 1.82. The van der Waals surface area contributed by atoms with Gasteiger partial charge in [0, 0.05) is 22.9 Å². The lowest BCUT2D eigenvalue weighted by Crippen LogP contribution is -2.42. The van der Waals surface area contributed by atoms with Crippen molar-refractivity contribution < 1.29 is 28.7 Å². The molecule has 0 unspecified atom stereocenters. The maximum Gasteiger partial charge on any atom is 0.321 e. The number of esters is 1. The van der Waals surface area contributed by atoms with E-state index in [9.17, 15) is 19.2 Å². The molecule has 2 N–H and O–H groups in total. The van der Waals surface area contributed by atoms with Crippen LogP contribution in [0.1, 0.15) is 35.7 Å². The highest BCUT2D eigenvalue weighted by Crippen LogP contribution is 2.25. The Morgan fingerprint density at radius 3 is 2.59 bits per heavy atom. The fraction of sp³-hybridized carbons (Fsp3) is 0.444. The van der Waals surface area contributed by atoms with Crippen LogP contribution >= 0.6 is 11.8 Å². The third kappa shape index (κ3) is 7.30. The van der Waals surface area contributed by atoms with Gasteiger partial charge < -0.3 is 14.8 Å². The maximum absolute atomic E-state index is 11.7. The molecule has 1 fully saturated rings. The van der Waals surface area contributed by atoms with Gasteiger partial charge in [-0.25, -0.2) is 4.79 Å². The summed E-state index contributed by atoms with van der Waals surface area (Å²) in [5, 5.41) is 4.70. The fourth-order valence-corrected chi connectivity index (χ4v) is 2.95. The number of hydrogen-bond acceptors (Lipinski definition) is 7. The van der Waals surface area contributed by atoms with Crippen LogP contribution in [-0.2, 0) is 20.1 Å². The Labute approximate surface area is 161 Å². The predicted octanol–water partition coefficient (Wildman–Crippen LogP) is 1.66. The monoisotopic (exact) mass is 394 g/mol. The van der Waals surface area contributed by atoms with Crippen LogP contribution in [0.3, 0.4) is 0 Å².